The van der Waals surface area contributed by atoms with E-state index in [9.17, 15) is 18.4 Å². The fourth-order valence-corrected chi connectivity index (χ4v) is 3.12. The Labute approximate surface area is 181 Å². The smallest absolute Gasteiger partial charge is 0.339 e. The Hall–Kier alpha value is -3.89. The minimum absolute atomic E-state index is 0.0108. The summed E-state index contributed by atoms with van der Waals surface area (Å²) in [6, 6.07) is 9.00. The molecule has 0 aliphatic rings. The van der Waals surface area contributed by atoms with Crippen LogP contribution in [0.1, 0.15) is 35.8 Å². The van der Waals surface area contributed by atoms with Crippen molar-refractivity contribution in [2.45, 2.75) is 19.6 Å². The molecule has 2 aromatic carbocycles. The second-order valence-corrected chi connectivity index (χ2v) is 6.62. The van der Waals surface area contributed by atoms with Gasteiger partial charge in [0.25, 0.3) is 5.91 Å². The minimum Gasteiger partial charge on any atom is -0.493 e. The second kappa shape index (κ2) is 9.50. The van der Waals surface area contributed by atoms with E-state index in [0.717, 1.165) is 4.57 Å². The number of amides is 1. The van der Waals surface area contributed by atoms with E-state index in [1.165, 1.54) is 39.3 Å². The Morgan fingerprint density at radius 2 is 1.75 bits per heavy atom. The van der Waals surface area contributed by atoms with Crippen molar-refractivity contribution in [1.29, 1.82) is 0 Å². The number of nitrogens with two attached hydrogens (primary N) is 1. The molecule has 1 unspecified atom stereocenters. The highest BCUT2D eigenvalue weighted by molar-refractivity contribution is 5.91. The molecule has 3 rings (SSSR count). The zero-order chi connectivity index (χ0) is 23.4. The monoisotopic (exact) mass is 449 g/mol. The molecule has 2 N–H and O–H groups in total. The lowest BCUT2D eigenvalue weighted by Crippen LogP contribution is -2.20. The van der Waals surface area contributed by atoms with Crippen molar-refractivity contribution in [3.05, 3.63) is 47.8 Å². The summed E-state index contributed by atoms with van der Waals surface area (Å²) in [4.78, 5) is 28.0. The maximum absolute atomic E-state index is 13.7. The van der Waals surface area contributed by atoms with Gasteiger partial charge in [0.15, 0.2) is 30.0 Å². The highest BCUT2D eigenvalue weighted by Gasteiger charge is 2.26. The zero-order valence-corrected chi connectivity index (χ0v) is 17.5. The summed E-state index contributed by atoms with van der Waals surface area (Å²) in [6.45, 7) is -1.87. The standard InChI is InChI=1S/C21H21F2N3O6/c1-11(19-25-13-6-4-5-7-14(13)26(19)21(22)23)32-20(28)12-8-15(29-2)18(16(9-12)30-3)31-10-17(24)27/h4-9,11,21H,10H2,1-3H3,(H2,24,27). The van der Waals surface area contributed by atoms with Gasteiger partial charge in [-0.15, -0.1) is 0 Å². The summed E-state index contributed by atoms with van der Waals surface area (Å²) in [5, 5.41) is 0. The summed E-state index contributed by atoms with van der Waals surface area (Å²) < 4.78 is 49.2. The van der Waals surface area contributed by atoms with Gasteiger partial charge < -0.3 is 24.7 Å². The van der Waals surface area contributed by atoms with Gasteiger partial charge in [-0.25, -0.2) is 9.78 Å². The number of aromatic nitrogens is 2. The molecular weight excluding hydrogens is 428 g/mol. The highest BCUT2D eigenvalue weighted by atomic mass is 19.3. The van der Waals surface area contributed by atoms with E-state index < -0.39 is 31.1 Å². The summed E-state index contributed by atoms with van der Waals surface area (Å²) in [5.74, 6) is -1.40. The lowest BCUT2D eigenvalue weighted by molar-refractivity contribution is -0.120. The molecule has 0 fully saturated rings. The molecule has 1 aromatic heterocycles. The van der Waals surface area contributed by atoms with Crippen molar-refractivity contribution in [2.75, 3.05) is 20.8 Å². The van der Waals surface area contributed by atoms with Crippen LogP contribution in [0.2, 0.25) is 0 Å². The third-order valence-electron chi connectivity index (χ3n) is 4.52. The van der Waals surface area contributed by atoms with Gasteiger partial charge in [0.2, 0.25) is 5.75 Å². The molecule has 0 radical (unpaired) electrons. The Morgan fingerprint density at radius 3 is 2.31 bits per heavy atom. The van der Waals surface area contributed by atoms with Crippen molar-refractivity contribution in [1.82, 2.24) is 9.55 Å². The van der Waals surface area contributed by atoms with Crippen LogP contribution >= 0.6 is 0 Å². The molecule has 170 valence electrons. The topological polar surface area (TPSA) is 115 Å². The number of carbonyl (C=O) groups is 2. The van der Waals surface area contributed by atoms with Gasteiger partial charge in [-0.05, 0) is 31.2 Å². The molecule has 0 aliphatic heterocycles. The van der Waals surface area contributed by atoms with Gasteiger partial charge >= 0.3 is 12.5 Å². The fourth-order valence-electron chi connectivity index (χ4n) is 3.12. The Morgan fingerprint density at radius 1 is 1.12 bits per heavy atom. The number of hydrogen-bond donors (Lipinski definition) is 1. The lowest BCUT2D eigenvalue weighted by Gasteiger charge is -2.17. The average molecular weight is 449 g/mol. The second-order valence-electron chi connectivity index (χ2n) is 6.62. The molecule has 0 saturated heterocycles. The van der Waals surface area contributed by atoms with Crippen LogP contribution in [-0.2, 0) is 9.53 Å². The first-order valence-electron chi connectivity index (χ1n) is 9.39. The van der Waals surface area contributed by atoms with Crippen molar-refractivity contribution in [2.24, 2.45) is 5.73 Å². The van der Waals surface area contributed by atoms with E-state index >= 15 is 0 Å². The molecule has 1 heterocycles. The molecule has 9 nitrogen and oxygen atoms in total. The fraction of sp³-hybridized carbons (Fsp3) is 0.286. The molecular formula is C21H21F2N3O6. The third kappa shape index (κ3) is 4.56. The quantitative estimate of drug-likeness (QED) is 0.499. The summed E-state index contributed by atoms with van der Waals surface area (Å²) in [7, 11) is 2.66. The molecule has 11 heteroatoms. The van der Waals surface area contributed by atoms with E-state index in [0.29, 0.717) is 5.52 Å². The number of hydrogen-bond acceptors (Lipinski definition) is 7. The van der Waals surface area contributed by atoms with E-state index in [2.05, 4.69) is 4.98 Å². The summed E-state index contributed by atoms with van der Waals surface area (Å²) in [6.07, 6.45) is -1.09. The number of methoxy groups -OCH3 is 2. The number of carbonyl (C=O) groups excluding carboxylic acids is 2. The average Bonchev–Trinajstić information content (AvgIpc) is 3.17. The highest BCUT2D eigenvalue weighted by Crippen LogP contribution is 2.39. The Balaban J connectivity index is 1.91. The molecule has 1 amide bonds. The molecule has 0 saturated carbocycles. The van der Waals surface area contributed by atoms with Crippen LogP contribution in [0.3, 0.4) is 0 Å². The summed E-state index contributed by atoms with van der Waals surface area (Å²) in [5.41, 5.74) is 5.68. The largest absolute Gasteiger partial charge is 0.493 e. The van der Waals surface area contributed by atoms with Crippen molar-refractivity contribution >= 4 is 22.9 Å². The van der Waals surface area contributed by atoms with Gasteiger partial charge in [-0.2, -0.15) is 8.78 Å². The minimum atomic E-state index is -2.87. The normalized spacial score (nSPS) is 11.9. The third-order valence-corrected chi connectivity index (χ3v) is 4.52. The first-order valence-corrected chi connectivity index (χ1v) is 9.39. The Bertz CT molecular complexity index is 1120. The van der Waals surface area contributed by atoms with Gasteiger partial charge in [0.05, 0.1) is 30.8 Å². The number of para-hydroxylation sites is 2. The number of ether oxygens (including phenoxy) is 4. The van der Waals surface area contributed by atoms with Crippen LogP contribution in [0.15, 0.2) is 36.4 Å². The van der Waals surface area contributed by atoms with E-state index in [1.807, 2.05) is 0 Å². The van der Waals surface area contributed by atoms with Crippen LogP contribution < -0.4 is 19.9 Å². The molecule has 0 bridgehead atoms. The Kier molecular flexibility index (Phi) is 6.76. The van der Waals surface area contributed by atoms with Gasteiger partial charge in [0, 0.05) is 0 Å². The van der Waals surface area contributed by atoms with Gasteiger partial charge in [-0.1, -0.05) is 12.1 Å². The maximum Gasteiger partial charge on any atom is 0.339 e. The predicted octanol–water partition coefficient (Wildman–Crippen LogP) is 3.23. The number of primary amides is 1. The summed E-state index contributed by atoms with van der Waals surface area (Å²) >= 11 is 0. The van der Waals surface area contributed by atoms with Crippen LogP contribution in [0, 0.1) is 0 Å². The number of nitrogens with zero attached hydrogens (tertiary/aromatic N) is 2. The molecule has 1 atom stereocenters. The predicted molar refractivity (Wildman–Crippen MR) is 109 cm³/mol. The molecule has 0 aliphatic carbocycles. The number of esters is 1. The van der Waals surface area contributed by atoms with Gasteiger partial charge in [0.1, 0.15) is 0 Å². The van der Waals surface area contributed by atoms with Crippen LogP contribution in [-0.4, -0.2) is 42.3 Å². The number of imidazole rings is 1. The number of halogens is 2. The molecule has 32 heavy (non-hydrogen) atoms. The first kappa shape index (κ1) is 22.8. The van der Waals surface area contributed by atoms with Gasteiger partial charge in [-0.3, -0.25) is 9.36 Å². The number of alkyl halides is 2. The van der Waals surface area contributed by atoms with Crippen LogP contribution in [0.25, 0.3) is 11.0 Å². The number of rotatable bonds is 9. The van der Waals surface area contributed by atoms with Crippen molar-refractivity contribution < 1.29 is 37.3 Å². The lowest BCUT2D eigenvalue weighted by atomic mass is 10.1. The first-order chi connectivity index (χ1) is 15.3. The molecule has 0 spiro atoms. The van der Waals surface area contributed by atoms with Crippen molar-refractivity contribution in [3.63, 3.8) is 0 Å². The van der Waals surface area contributed by atoms with Crippen LogP contribution in [0.4, 0.5) is 8.78 Å². The SMILES string of the molecule is COc1cc(C(=O)OC(C)c2nc3ccccc3n2C(F)F)cc(OC)c1OCC(N)=O. The molecule has 3 aromatic rings. The van der Waals surface area contributed by atoms with E-state index in [4.69, 9.17) is 24.7 Å². The zero-order valence-electron chi connectivity index (χ0n) is 17.5. The van der Waals surface area contributed by atoms with Crippen LogP contribution in [0.5, 0.6) is 17.2 Å². The number of fused-ring (bicyclic) bond motifs is 1. The van der Waals surface area contributed by atoms with E-state index in [-0.39, 0.29) is 34.2 Å². The van der Waals surface area contributed by atoms with Crippen molar-refractivity contribution in [3.8, 4) is 17.2 Å². The van der Waals surface area contributed by atoms with E-state index in [1.54, 1.807) is 18.2 Å². The maximum atomic E-state index is 13.7. The number of benzene rings is 2.